The number of ether oxygens (including phenoxy) is 2. The smallest absolute Gasteiger partial charge is 0.387 e. The third-order valence-electron chi connectivity index (χ3n) is 4.55. The first kappa shape index (κ1) is 20.7. The first-order valence-corrected chi connectivity index (χ1v) is 9.28. The number of methoxy groups -OCH3 is 1. The van der Waals surface area contributed by atoms with Gasteiger partial charge in [-0.1, -0.05) is 36.3 Å². The molecule has 0 bridgehead atoms. The molecule has 1 N–H and O–H groups in total. The predicted octanol–water partition coefficient (Wildman–Crippen LogP) is 4.76. The standard InChI is InChI=1S/C21H23F2N3O3/c1-4-14-5-7-15(8-6-14)13(2)24-12-19-25-20(26-29-19)16-9-10-17(28-21(22)23)18(11-16)27-3/h5-11,13,21,24H,4,12H2,1-3H3. The van der Waals surface area contributed by atoms with Crippen molar-refractivity contribution < 1.29 is 22.8 Å². The van der Waals surface area contributed by atoms with Gasteiger partial charge in [0.2, 0.25) is 11.7 Å². The van der Waals surface area contributed by atoms with Gasteiger partial charge in [-0.25, -0.2) is 0 Å². The molecule has 6 nitrogen and oxygen atoms in total. The van der Waals surface area contributed by atoms with Gasteiger partial charge in [-0.05, 0) is 42.7 Å². The largest absolute Gasteiger partial charge is 0.493 e. The monoisotopic (exact) mass is 403 g/mol. The van der Waals surface area contributed by atoms with Crippen molar-refractivity contribution >= 4 is 0 Å². The first-order valence-electron chi connectivity index (χ1n) is 9.28. The number of nitrogens with one attached hydrogen (secondary N) is 1. The Labute approximate surface area is 167 Å². The van der Waals surface area contributed by atoms with Gasteiger partial charge in [-0.15, -0.1) is 0 Å². The summed E-state index contributed by atoms with van der Waals surface area (Å²) in [7, 11) is 1.37. The van der Waals surface area contributed by atoms with E-state index in [2.05, 4.69) is 58.3 Å². The highest BCUT2D eigenvalue weighted by Gasteiger charge is 2.15. The molecule has 0 saturated heterocycles. The van der Waals surface area contributed by atoms with E-state index in [4.69, 9.17) is 9.26 Å². The van der Waals surface area contributed by atoms with E-state index >= 15 is 0 Å². The second-order valence-corrected chi connectivity index (χ2v) is 6.45. The summed E-state index contributed by atoms with van der Waals surface area (Å²) < 4.78 is 39.7. The van der Waals surface area contributed by atoms with Crippen LogP contribution in [0.1, 0.15) is 36.9 Å². The lowest BCUT2D eigenvalue weighted by Crippen LogP contribution is -2.18. The van der Waals surface area contributed by atoms with Crippen LogP contribution in [-0.4, -0.2) is 23.9 Å². The van der Waals surface area contributed by atoms with Gasteiger partial charge in [0.15, 0.2) is 11.5 Å². The van der Waals surface area contributed by atoms with Gasteiger partial charge >= 0.3 is 6.61 Å². The molecular weight excluding hydrogens is 380 g/mol. The van der Waals surface area contributed by atoms with Crippen molar-refractivity contribution in [1.82, 2.24) is 15.5 Å². The number of hydrogen-bond acceptors (Lipinski definition) is 6. The number of rotatable bonds is 9. The molecule has 8 heteroatoms. The lowest BCUT2D eigenvalue weighted by molar-refractivity contribution is -0.0512. The van der Waals surface area contributed by atoms with E-state index in [0.29, 0.717) is 23.8 Å². The van der Waals surface area contributed by atoms with Gasteiger partial charge in [0.05, 0.1) is 13.7 Å². The van der Waals surface area contributed by atoms with Crippen molar-refractivity contribution in [3.05, 3.63) is 59.5 Å². The van der Waals surface area contributed by atoms with Crippen LogP contribution in [0.5, 0.6) is 11.5 Å². The van der Waals surface area contributed by atoms with Crippen molar-refractivity contribution in [3.63, 3.8) is 0 Å². The molecule has 3 rings (SSSR count). The van der Waals surface area contributed by atoms with Crippen molar-refractivity contribution in [2.24, 2.45) is 0 Å². The second kappa shape index (κ2) is 9.47. The maximum Gasteiger partial charge on any atom is 0.387 e. The number of halogens is 2. The molecule has 29 heavy (non-hydrogen) atoms. The summed E-state index contributed by atoms with van der Waals surface area (Å²) in [5.74, 6) is 0.864. The summed E-state index contributed by atoms with van der Waals surface area (Å²) in [6, 6.07) is 13.0. The van der Waals surface area contributed by atoms with Gasteiger partial charge in [0.25, 0.3) is 0 Å². The molecule has 0 saturated carbocycles. The van der Waals surface area contributed by atoms with Crippen LogP contribution in [0.25, 0.3) is 11.4 Å². The van der Waals surface area contributed by atoms with E-state index in [9.17, 15) is 8.78 Å². The van der Waals surface area contributed by atoms with Crippen LogP contribution in [0.2, 0.25) is 0 Å². The topological polar surface area (TPSA) is 69.4 Å². The lowest BCUT2D eigenvalue weighted by atomic mass is 10.1. The van der Waals surface area contributed by atoms with Crippen LogP contribution in [0.4, 0.5) is 8.78 Å². The Bertz CT molecular complexity index is 929. The third kappa shape index (κ3) is 5.29. The van der Waals surface area contributed by atoms with Crippen molar-refractivity contribution in [1.29, 1.82) is 0 Å². The minimum absolute atomic E-state index is 0.0560. The molecule has 1 unspecified atom stereocenters. The Kier molecular flexibility index (Phi) is 6.77. The summed E-state index contributed by atoms with van der Waals surface area (Å²) in [6.07, 6.45) is 1.01. The van der Waals surface area contributed by atoms with E-state index in [1.54, 1.807) is 6.07 Å². The molecule has 1 atom stereocenters. The molecule has 0 radical (unpaired) electrons. The van der Waals surface area contributed by atoms with Crippen LogP contribution in [0.3, 0.4) is 0 Å². The zero-order valence-electron chi connectivity index (χ0n) is 16.5. The highest BCUT2D eigenvalue weighted by Crippen LogP contribution is 2.32. The van der Waals surface area contributed by atoms with Crippen molar-refractivity contribution in [2.45, 2.75) is 39.5 Å². The summed E-state index contributed by atoms with van der Waals surface area (Å²) in [4.78, 5) is 4.35. The molecule has 1 aromatic heterocycles. The summed E-state index contributed by atoms with van der Waals surface area (Å²) in [5.41, 5.74) is 3.03. The molecular formula is C21H23F2N3O3. The Morgan fingerprint density at radius 2 is 1.86 bits per heavy atom. The molecule has 1 heterocycles. The van der Waals surface area contributed by atoms with E-state index < -0.39 is 6.61 Å². The fourth-order valence-electron chi connectivity index (χ4n) is 2.84. The molecule has 154 valence electrons. The number of alkyl halides is 2. The Morgan fingerprint density at radius 3 is 2.52 bits per heavy atom. The number of aromatic nitrogens is 2. The molecule has 0 aliphatic heterocycles. The lowest BCUT2D eigenvalue weighted by Gasteiger charge is -2.13. The van der Waals surface area contributed by atoms with E-state index in [-0.39, 0.29) is 17.5 Å². The second-order valence-electron chi connectivity index (χ2n) is 6.45. The van der Waals surface area contributed by atoms with Crippen molar-refractivity contribution in [2.75, 3.05) is 7.11 Å². The molecule has 2 aromatic carbocycles. The number of nitrogens with zero attached hydrogens (tertiary/aromatic N) is 2. The number of hydrogen-bond donors (Lipinski definition) is 1. The highest BCUT2D eigenvalue weighted by molar-refractivity contribution is 5.60. The zero-order chi connectivity index (χ0) is 20.8. The Morgan fingerprint density at radius 1 is 1.10 bits per heavy atom. The minimum atomic E-state index is -2.93. The maximum atomic E-state index is 12.4. The van der Waals surface area contributed by atoms with Gasteiger partial charge in [-0.2, -0.15) is 13.8 Å². The van der Waals surface area contributed by atoms with Crippen molar-refractivity contribution in [3.8, 4) is 22.9 Å². The summed E-state index contributed by atoms with van der Waals surface area (Å²) >= 11 is 0. The zero-order valence-corrected chi connectivity index (χ0v) is 16.5. The fourth-order valence-corrected chi connectivity index (χ4v) is 2.84. The van der Waals surface area contributed by atoms with Crippen LogP contribution in [0, 0.1) is 0 Å². The van der Waals surface area contributed by atoms with Crippen LogP contribution >= 0.6 is 0 Å². The van der Waals surface area contributed by atoms with Gasteiger partial charge in [0, 0.05) is 11.6 Å². The highest BCUT2D eigenvalue weighted by atomic mass is 19.3. The van der Waals surface area contributed by atoms with Crippen LogP contribution in [-0.2, 0) is 13.0 Å². The molecule has 0 spiro atoms. The number of benzene rings is 2. The van der Waals surface area contributed by atoms with E-state index in [1.165, 1.54) is 30.4 Å². The molecule has 0 amide bonds. The Balaban J connectivity index is 1.65. The molecule has 0 fully saturated rings. The molecule has 3 aromatic rings. The van der Waals surface area contributed by atoms with Crippen LogP contribution < -0.4 is 14.8 Å². The van der Waals surface area contributed by atoms with Gasteiger partial charge < -0.3 is 19.3 Å². The van der Waals surface area contributed by atoms with E-state index in [1.807, 2.05) is 0 Å². The van der Waals surface area contributed by atoms with E-state index in [0.717, 1.165) is 6.42 Å². The van der Waals surface area contributed by atoms with Gasteiger partial charge in [0.1, 0.15) is 0 Å². The average Bonchev–Trinajstić information content (AvgIpc) is 3.21. The molecule has 0 aliphatic rings. The minimum Gasteiger partial charge on any atom is -0.493 e. The first-order chi connectivity index (χ1) is 14.0. The average molecular weight is 403 g/mol. The fraction of sp³-hybridized carbons (Fsp3) is 0.333. The number of aryl methyl sites for hydroxylation is 1. The third-order valence-corrected chi connectivity index (χ3v) is 4.55. The molecule has 0 aliphatic carbocycles. The maximum absolute atomic E-state index is 12.4. The Hall–Kier alpha value is -3.00. The summed E-state index contributed by atoms with van der Waals surface area (Å²) in [6.45, 7) is 1.65. The SMILES string of the molecule is CCc1ccc(C(C)NCc2nc(-c3ccc(OC(F)F)c(OC)c3)no2)cc1. The summed E-state index contributed by atoms with van der Waals surface area (Å²) in [5, 5.41) is 7.30. The normalized spacial score (nSPS) is 12.2. The quantitative estimate of drug-likeness (QED) is 0.556. The van der Waals surface area contributed by atoms with Gasteiger partial charge in [-0.3, -0.25) is 0 Å². The predicted molar refractivity (Wildman–Crippen MR) is 104 cm³/mol. The van der Waals surface area contributed by atoms with Crippen LogP contribution in [0.15, 0.2) is 47.0 Å².